The summed E-state index contributed by atoms with van der Waals surface area (Å²) < 4.78 is 1.66. The molecule has 2 aromatic rings. The molecule has 0 saturated carbocycles. The van der Waals surface area contributed by atoms with Gasteiger partial charge in [0.2, 0.25) is 0 Å². The molecule has 6 nitrogen and oxygen atoms in total. The van der Waals surface area contributed by atoms with Crippen LogP contribution in [0.2, 0.25) is 0 Å². The number of benzene rings is 1. The second kappa shape index (κ2) is 5.13. The van der Waals surface area contributed by atoms with Crippen molar-refractivity contribution in [1.29, 1.82) is 5.26 Å². The molecule has 2 rings (SSSR count). The van der Waals surface area contributed by atoms with E-state index in [0.29, 0.717) is 16.9 Å². The number of rotatable bonds is 3. The lowest BCUT2D eigenvalue weighted by atomic mass is 10.1. The first-order chi connectivity index (χ1) is 9.85. The van der Waals surface area contributed by atoms with Gasteiger partial charge in [-0.05, 0) is 38.1 Å². The molecule has 0 fully saturated rings. The maximum Gasteiger partial charge on any atom is 0.335 e. The standard InChI is InChI=1S/C15H12N2O4/c1-8-3-12(7-16)9(2)17(8)13-5-10(14(18)19)4-11(6-13)15(20)21/h3-6H,1-2H3,(H,18,19)(H,20,21). The lowest BCUT2D eigenvalue weighted by Gasteiger charge is -2.11. The van der Waals surface area contributed by atoms with E-state index in [1.165, 1.54) is 12.1 Å². The smallest absolute Gasteiger partial charge is 0.335 e. The van der Waals surface area contributed by atoms with Gasteiger partial charge in [-0.1, -0.05) is 0 Å². The average molecular weight is 284 g/mol. The number of carbonyl (C=O) groups is 2. The molecule has 106 valence electrons. The molecule has 0 bridgehead atoms. The predicted molar refractivity (Wildman–Crippen MR) is 73.9 cm³/mol. The minimum Gasteiger partial charge on any atom is -0.478 e. The molecule has 0 aliphatic rings. The molecule has 6 heteroatoms. The molecule has 0 aliphatic heterocycles. The van der Waals surface area contributed by atoms with Crippen LogP contribution in [0.4, 0.5) is 0 Å². The number of aromatic nitrogens is 1. The largest absolute Gasteiger partial charge is 0.478 e. The van der Waals surface area contributed by atoms with Gasteiger partial charge in [-0.15, -0.1) is 0 Å². The Hall–Kier alpha value is -3.07. The fraction of sp³-hybridized carbons (Fsp3) is 0.133. The SMILES string of the molecule is Cc1cc(C#N)c(C)n1-c1cc(C(=O)O)cc(C(=O)O)c1. The lowest BCUT2D eigenvalue weighted by Crippen LogP contribution is -2.07. The van der Waals surface area contributed by atoms with Crippen LogP contribution < -0.4 is 0 Å². The monoisotopic (exact) mass is 284 g/mol. The molecular weight excluding hydrogens is 272 g/mol. The second-order valence-corrected chi connectivity index (χ2v) is 4.61. The lowest BCUT2D eigenvalue weighted by molar-refractivity contribution is 0.0696. The van der Waals surface area contributed by atoms with Crippen LogP contribution >= 0.6 is 0 Å². The third-order valence-electron chi connectivity index (χ3n) is 3.22. The normalized spacial score (nSPS) is 10.1. The topological polar surface area (TPSA) is 103 Å². The summed E-state index contributed by atoms with van der Waals surface area (Å²) in [6, 6.07) is 7.59. The van der Waals surface area contributed by atoms with Crippen LogP contribution in [0.3, 0.4) is 0 Å². The van der Waals surface area contributed by atoms with Crippen molar-refractivity contribution in [3.8, 4) is 11.8 Å². The van der Waals surface area contributed by atoms with Gasteiger partial charge in [0.25, 0.3) is 0 Å². The van der Waals surface area contributed by atoms with Crippen LogP contribution in [-0.2, 0) is 0 Å². The van der Waals surface area contributed by atoms with Gasteiger partial charge >= 0.3 is 11.9 Å². The molecule has 1 heterocycles. The number of aromatic carboxylic acids is 2. The van der Waals surface area contributed by atoms with Crippen LogP contribution in [0.1, 0.15) is 37.7 Å². The van der Waals surface area contributed by atoms with Crippen molar-refractivity contribution in [2.45, 2.75) is 13.8 Å². The third-order valence-corrected chi connectivity index (χ3v) is 3.22. The van der Waals surface area contributed by atoms with E-state index in [0.717, 1.165) is 11.8 Å². The summed E-state index contributed by atoms with van der Waals surface area (Å²) in [7, 11) is 0. The van der Waals surface area contributed by atoms with Crippen molar-refractivity contribution >= 4 is 11.9 Å². The predicted octanol–water partition coefficient (Wildman–Crippen LogP) is 2.36. The highest BCUT2D eigenvalue weighted by molar-refractivity contribution is 5.94. The van der Waals surface area contributed by atoms with Gasteiger partial charge in [0.1, 0.15) is 6.07 Å². The summed E-state index contributed by atoms with van der Waals surface area (Å²) in [6.45, 7) is 3.49. The van der Waals surface area contributed by atoms with Crippen LogP contribution in [0.25, 0.3) is 5.69 Å². The van der Waals surface area contributed by atoms with E-state index in [1.807, 2.05) is 6.07 Å². The van der Waals surface area contributed by atoms with Gasteiger partial charge in [-0.25, -0.2) is 9.59 Å². The number of carboxylic acids is 2. The molecule has 0 spiro atoms. The van der Waals surface area contributed by atoms with Gasteiger partial charge in [0.15, 0.2) is 0 Å². The zero-order valence-electron chi connectivity index (χ0n) is 11.4. The molecule has 0 saturated heterocycles. The molecule has 0 aliphatic carbocycles. The molecular formula is C15H12N2O4. The molecule has 1 aromatic carbocycles. The highest BCUT2D eigenvalue weighted by Gasteiger charge is 2.16. The van der Waals surface area contributed by atoms with Crippen molar-refractivity contribution in [1.82, 2.24) is 4.57 Å². The fourth-order valence-corrected chi connectivity index (χ4v) is 2.26. The van der Waals surface area contributed by atoms with Gasteiger partial charge < -0.3 is 14.8 Å². The van der Waals surface area contributed by atoms with Crippen LogP contribution in [0, 0.1) is 25.2 Å². The van der Waals surface area contributed by atoms with Crippen molar-refractivity contribution in [3.63, 3.8) is 0 Å². The maximum atomic E-state index is 11.1. The number of hydrogen-bond acceptors (Lipinski definition) is 3. The van der Waals surface area contributed by atoms with E-state index in [-0.39, 0.29) is 11.1 Å². The zero-order chi connectivity index (χ0) is 15.7. The highest BCUT2D eigenvalue weighted by atomic mass is 16.4. The molecule has 1 aromatic heterocycles. The maximum absolute atomic E-state index is 11.1. The van der Waals surface area contributed by atoms with E-state index in [4.69, 9.17) is 15.5 Å². The molecule has 0 radical (unpaired) electrons. The number of nitriles is 1. The van der Waals surface area contributed by atoms with Gasteiger partial charge in [0.05, 0.1) is 16.7 Å². The Morgan fingerprint density at radius 2 is 1.57 bits per heavy atom. The Morgan fingerprint density at radius 3 is 1.95 bits per heavy atom. The van der Waals surface area contributed by atoms with E-state index in [9.17, 15) is 9.59 Å². The Kier molecular flexibility index (Phi) is 3.51. The van der Waals surface area contributed by atoms with Crippen molar-refractivity contribution in [3.05, 3.63) is 52.3 Å². The summed E-state index contributed by atoms with van der Waals surface area (Å²) in [5.74, 6) is -2.41. The van der Waals surface area contributed by atoms with Gasteiger partial charge in [-0.2, -0.15) is 5.26 Å². The Morgan fingerprint density at radius 1 is 1.05 bits per heavy atom. The van der Waals surface area contributed by atoms with Crippen molar-refractivity contribution < 1.29 is 19.8 Å². The van der Waals surface area contributed by atoms with Crippen LogP contribution in [-0.4, -0.2) is 26.7 Å². The number of carboxylic acid groups (broad SMARTS) is 2. The highest BCUT2D eigenvalue weighted by Crippen LogP contribution is 2.22. The third kappa shape index (κ3) is 2.49. The van der Waals surface area contributed by atoms with E-state index in [1.54, 1.807) is 24.5 Å². The Bertz CT molecular complexity index is 764. The minimum atomic E-state index is -1.21. The quantitative estimate of drug-likeness (QED) is 0.900. The first kappa shape index (κ1) is 14.3. The summed E-state index contributed by atoms with van der Waals surface area (Å²) >= 11 is 0. The molecule has 0 amide bonds. The summed E-state index contributed by atoms with van der Waals surface area (Å²) in [4.78, 5) is 22.3. The molecule has 0 atom stereocenters. The van der Waals surface area contributed by atoms with E-state index >= 15 is 0 Å². The zero-order valence-corrected chi connectivity index (χ0v) is 11.4. The number of hydrogen-bond donors (Lipinski definition) is 2. The Labute approximate surface area is 120 Å². The average Bonchev–Trinajstić information content (AvgIpc) is 2.72. The summed E-state index contributed by atoms with van der Waals surface area (Å²) in [5.41, 5.74) is 2.00. The van der Waals surface area contributed by atoms with Crippen molar-refractivity contribution in [2.24, 2.45) is 0 Å². The van der Waals surface area contributed by atoms with Gasteiger partial charge in [-0.3, -0.25) is 0 Å². The number of aryl methyl sites for hydroxylation is 1. The van der Waals surface area contributed by atoms with Crippen molar-refractivity contribution in [2.75, 3.05) is 0 Å². The minimum absolute atomic E-state index is 0.115. The second-order valence-electron chi connectivity index (χ2n) is 4.61. The van der Waals surface area contributed by atoms with E-state index < -0.39 is 11.9 Å². The first-order valence-corrected chi connectivity index (χ1v) is 6.06. The summed E-state index contributed by atoms with van der Waals surface area (Å²) in [6.07, 6.45) is 0. The molecule has 2 N–H and O–H groups in total. The molecule has 21 heavy (non-hydrogen) atoms. The number of nitrogens with zero attached hydrogens (tertiary/aromatic N) is 2. The summed E-state index contributed by atoms with van der Waals surface area (Å²) in [5, 5.41) is 27.2. The first-order valence-electron chi connectivity index (χ1n) is 6.06. The fourth-order valence-electron chi connectivity index (χ4n) is 2.26. The van der Waals surface area contributed by atoms with Crippen LogP contribution in [0.15, 0.2) is 24.3 Å². The molecule has 0 unspecified atom stereocenters. The van der Waals surface area contributed by atoms with Gasteiger partial charge in [0, 0.05) is 17.1 Å². The van der Waals surface area contributed by atoms with Crippen LogP contribution in [0.5, 0.6) is 0 Å². The van der Waals surface area contributed by atoms with E-state index in [2.05, 4.69) is 0 Å². The Balaban J connectivity index is 2.75.